The highest BCUT2D eigenvalue weighted by molar-refractivity contribution is 5.82. The van der Waals surface area contributed by atoms with Gasteiger partial charge in [0.2, 0.25) is 5.91 Å². The number of amides is 1. The van der Waals surface area contributed by atoms with Crippen molar-refractivity contribution in [1.82, 2.24) is 10.6 Å². The molecule has 2 aliphatic heterocycles. The van der Waals surface area contributed by atoms with Crippen LogP contribution < -0.4 is 10.6 Å². The third kappa shape index (κ3) is 3.41. The molecule has 0 radical (unpaired) electrons. The Morgan fingerprint density at radius 2 is 2.12 bits per heavy atom. The van der Waals surface area contributed by atoms with Gasteiger partial charge in [-0.15, -0.1) is 0 Å². The predicted octanol–water partition coefficient (Wildman–Crippen LogP) is -1.49. The molecule has 2 heterocycles. The van der Waals surface area contributed by atoms with Gasteiger partial charge in [-0.05, 0) is 0 Å². The van der Waals surface area contributed by atoms with E-state index < -0.39 is 0 Å². The van der Waals surface area contributed by atoms with Gasteiger partial charge in [0, 0.05) is 13.1 Å². The third-order valence-corrected chi connectivity index (χ3v) is 2.63. The van der Waals surface area contributed by atoms with Crippen LogP contribution in [0.4, 0.5) is 0 Å². The van der Waals surface area contributed by atoms with Crippen LogP contribution in [-0.2, 0) is 19.0 Å². The van der Waals surface area contributed by atoms with Crippen molar-refractivity contribution in [2.75, 3.05) is 46.1 Å². The monoisotopic (exact) mass is 230 g/mol. The first-order valence-electron chi connectivity index (χ1n) is 5.64. The lowest BCUT2D eigenvalue weighted by atomic mass is 10.2. The van der Waals surface area contributed by atoms with E-state index >= 15 is 0 Å². The molecule has 2 saturated heterocycles. The number of ether oxygens (including phenoxy) is 3. The summed E-state index contributed by atoms with van der Waals surface area (Å²) in [4.78, 5) is 11.7. The van der Waals surface area contributed by atoms with Crippen LogP contribution in [0.2, 0.25) is 0 Å². The average Bonchev–Trinajstić information content (AvgIpc) is 2.38. The van der Waals surface area contributed by atoms with Gasteiger partial charge in [0.25, 0.3) is 0 Å². The zero-order valence-electron chi connectivity index (χ0n) is 9.24. The molecule has 0 spiro atoms. The van der Waals surface area contributed by atoms with Crippen molar-refractivity contribution < 1.29 is 19.0 Å². The molecule has 0 saturated carbocycles. The molecule has 0 aromatic rings. The van der Waals surface area contributed by atoms with Crippen molar-refractivity contribution in [3.05, 3.63) is 0 Å². The molecule has 1 amide bonds. The molecule has 6 nitrogen and oxygen atoms in total. The molecule has 0 aromatic carbocycles. The summed E-state index contributed by atoms with van der Waals surface area (Å²) in [6.45, 7) is 4.12. The Morgan fingerprint density at radius 1 is 1.25 bits per heavy atom. The quantitative estimate of drug-likeness (QED) is 0.618. The van der Waals surface area contributed by atoms with Crippen LogP contribution in [0.1, 0.15) is 0 Å². The van der Waals surface area contributed by atoms with Crippen molar-refractivity contribution in [3.8, 4) is 0 Å². The number of carbonyl (C=O) groups is 1. The molecule has 2 aliphatic rings. The van der Waals surface area contributed by atoms with E-state index in [1.54, 1.807) is 0 Å². The second-order valence-corrected chi connectivity index (χ2v) is 3.89. The fourth-order valence-electron chi connectivity index (χ4n) is 1.73. The molecule has 2 atom stereocenters. The highest BCUT2D eigenvalue weighted by Gasteiger charge is 2.22. The lowest BCUT2D eigenvalue weighted by Crippen LogP contribution is -2.53. The summed E-state index contributed by atoms with van der Waals surface area (Å²) >= 11 is 0. The van der Waals surface area contributed by atoms with Crippen LogP contribution in [0, 0.1) is 0 Å². The van der Waals surface area contributed by atoms with E-state index in [2.05, 4.69) is 10.6 Å². The molecule has 92 valence electrons. The van der Waals surface area contributed by atoms with Crippen molar-refractivity contribution in [2.45, 2.75) is 12.1 Å². The second-order valence-electron chi connectivity index (χ2n) is 3.89. The largest absolute Gasteiger partial charge is 0.378 e. The van der Waals surface area contributed by atoms with Gasteiger partial charge in [0.1, 0.15) is 6.04 Å². The molecule has 0 aliphatic carbocycles. The van der Waals surface area contributed by atoms with Gasteiger partial charge in [-0.1, -0.05) is 0 Å². The fraction of sp³-hybridized carbons (Fsp3) is 0.900. The normalized spacial score (nSPS) is 31.0. The summed E-state index contributed by atoms with van der Waals surface area (Å²) < 4.78 is 15.9. The standard InChI is InChI=1S/C10H18N2O4/c13-10(9-7-14-2-1-11-9)12-5-8-6-15-3-4-16-8/h8-9,11H,1-7H2,(H,12,13). The zero-order valence-corrected chi connectivity index (χ0v) is 9.24. The van der Waals surface area contributed by atoms with E-state index in [1.807, 2.05) is 0 Å². The smallest absolute Gasteiger partial charge is 0.239 e. The number of morpholine rings is 1. The average molecular weight is 230 g/mol. The Balaban J connectivity index is 1.65. The van der Waals surface area contributed by atoms with Crippen molar-refractivity contribution in [2.24, 2.45) is 0 Å². The van der Waals surface area contributed by atoms with Gasteiger partial charge in [-0.25, -0.2) is 0 Å². The SMILES string of the molecule is O=C(NCC1COCCO1)C1COCCN1. The van der Waals surface area contributed by atoms with E-state index in [4.69, 9.17) is 14.2 Å². The van der Waals surface area contributed by atoms with Crippen LogP contribution in [0.3, 0.4) is 0 Å². The summed E-state index contributed by atoms with van der Waals surface area (Å²) in [5.41, 5.74) is 0. The molecule has 0 aromatic heterocycles. The Labute approximate surface area is 94.6 Å². The van der Waals surface area contributed by atoms with Crippen molar-refractivity contribution in [1.29, 1.82) is 0 Å². The molecule has 16 heavy (non-hydrogen) atoms. The Bertz CT molecular complexity index is 225. The van der Waals surface area contributed by atoms with Crippen LogP contribution in [0.5, 0.6) is 0 Å². The number of hydrogen-bond acceptors (Lipinski definition) is 5. The maximum atomic E-state index is 11.7. The highest BCUT2D eigenvalue weighted by Crippen LogP contribution is 1.99. The lowest BCUT2D eigenvalue weighted by molar-refractivity contribution is -0.128. The lowest BCUT2D eigenvalue weighted by Gasteiger charge is -2.26. The summed E-state index contributed by atoms with van der Waals surface area (Å²) in [6, 6.07) is -0.238. The van der Waals surface area contributed by atoms with E-state index in [0.717, 1.165) is 6.54 Å². The number of carbonyl (C=O) groups excluding carboxylic acids is 1. The van der Waals surface area contributed by atoms with Gasteiger partial charge in [-0.3, -0.25) is 4.79 Å². The predicted molar refractivity (Wildman–Crippen MR) is 56.2 cm³/mol. The molecule has 2 fully saturated rings. The number of nitrogens with one attached hydrogen (secondary N) is 2. The molecule has 0 bridgehead atoms. The van der Waals surface area contributed by atoms with E-state index in [-0.39, 0.29) is 18.1 Å². The summed E-state index contributed by atoms with van der Waals surface area (Å²) in [7, 11) is 0. The first kappa shape index (κ1) is 11.8. The van der Waals surface area contributed by atoms with Gasteiger partial charge in [0.15, 0.2) is 0 Å². The zero-order chi connectivity index (χ0) is 11.2. The topological polar surface area (TPSA) is 68.8 Å². The van der Waals surface area contributed by atoms with Crippen molar-refractivity contribution >= 4 is 5.91 Å². The van der Waals surface area contributed by atoms with Crippen molar-refractivity contribution in [3.63, 3.8) is 0 Å². The first-order valence-corrected chi connectivity index (χ1v) is 5.64. The third-order valence-electron chi connectivity index (χ3n) is 2.63. The summed E-state index contributed by atoms with van der Waals surface area (Å²) in [5, 5.41) is 5.93. The van der Waals surface area contributed by atoms with Gasteiger partial charge < -0.3 is 24.8 Å². The molecule has 2 N–H and O–H groups in total. The fourth-order valence-corrected chi connectivity index (χ4v) is 1.73. The van der Waals surface area contributed by atoms with Crippen LogP contribution in [0.25, 0.3) is 0 Å². The Hall–Kier alpha value is -0.690. The summed E-state index contributed by atoms with van der Waals surface area (Å²) in [5.74, 6) is -0.0335. The van der Waals surface area contributed by atoms with E-state index in [9.17, 15) is 4.79 Å². The van der Waals surface area contributed by atoms with Gasteiger partial charge >= 0.3 is 0 Å². The van der Waals surface area contributed by atoms with Gasteiger partial charge in [0.05, 0.1) is 39.1 Å². The molecule has 2 unspecified atom stereocenters. The molecule has 6 heteroatoms. The van der Waals surface area contributed by atoms with E-state index in [0.29, 0.717) is 39.6 Å². The van der Waals surface area contributed by atoms with E-state index in [1.165, 1.54) is 0 Å². The maximum absolute atomic E-state index is 11.7. The molecular weight excluding hydrogens is 212 g/mol. The van der Waals surface area contributed by atoms with Crippen LogP contribution in [-0.4, -0.2) is 64.2 Å². The summed E-state index contributed by atoms with van der Waals surface area (Å²) in [6.07, 6.45) is -0.0257. The molecule has 2 rings (SSSR count). The molecular formula is C10H18N2O4. The maximum Gasteiger partial charge on any atom is 0.239 e. The Kier molecular flexibility index (Phi) is 4.53. The Morgan fingerprint density at radius 3 is 2.81 bits per heavy atom. The minimum atomic E-state index is -0.238. The minimum absolute atomic E-state index is 0.0257. The van der Waals surface area contributed by atoms with Crippen LogP contribution >= 0.6 is 0 Å². The second kappa shape index (κ2) is 6.15. The highest BCUT2D eigenvalue weighted by atomic mass is 16.6. The van der Waals surface area contributed by atoms with Crippen LogP contribution in [0.15, 0.2) is 0 Å². The first-order chi connectivity index (χ1) is 7.86. The van der Waals surface area contributed by atoms with Gasteiger partial charge in [-0.2, -0.15) is 0 Å². The minimum Gasteiger partial charge on any atom is -0.378 e. The number of hydrogen-bond donors (Lipinski definition) is 2. The number of rotatable bonds is 3.